The first kappa shape index (κ1) is 40.8. The molecule has 296 valence electrons. The van der Waals surface area contributed by atoms with Crippen LogP contribution in [0.25, 0.3) is 0 Å². The average molecular weight is 809 g/mol. The molecular weight excluding hydrogens is 765 g/mol. The number of hydrogen-bond donors (Lipinski definition) is 2. The van der Waals surface area contributed by atoms with Crippen LogP contribution in [0.3, 0.4) is 0 Å². The Hall–Kier alpha value is -5.86. The standard InChI is InChI=1S/C43H44N4O8S2/c1-4-25-47(33-23-24-36(44-27-33)43(51)55-5-2)57(52,53)34-10-8-9-31(26-34)39(48)46-41-38(35-11-6-7-12-37(35)56-41)40(49)45-32-21-17-29(18-22-32)14-13-28-15-19-30(20-16-28)42(50)54-3/h8-10,15-24,26-27H,4-7,11-14,25H2,1-3H3,(H,45,49)(H,46,48). The van der Waals surface area contributed by atoms with E-state index in [-0.39, 0.29) is 46.9 Å². The molecule has 0 aliphatic heterocycles. The summed E-state index contributed by atoms with van der Waals surface area (Å²) in [5, 5.41) is 6.35. The molecule has 2 N–H and O–H groups in total. The number of nitrogens with zero attached hydrogens (tertiary/aromatic N) is 2. The zero-order valence-electron chi connectivity index (χ0n) is 32.0. The molecule has 5 aromatic rings. The highest BCUT2D eigenvalue weighted by Crippen LogP contribution is 2.39. The van der Waals surface area contributed by atoms with Gasteiger partial charge in [0, 0.05) is 22.7 Å². The number of carbonyl (C=O) groups is 4. The molecule has 0 bridgehead atoms. The lowest BCUT2D eigenvalue weighted by Crippen LogP contribution is -2.32. The second kappa shape index (κ2) is 18.4. The number of esters is 2. The molecule has 0 atom stereocenters. The number of thiophene rings is 1. The zero-order chi connectivity index (χ0) is 40.5. The minimum atomic E-state index is -4.15. The number of ether oxygens (including phenoxy) is 2. The van der Waals surface area contributed by atoms with E-state index in [9.17, 15) is 27.6 Å². The van der Waals surface area contributed by atoms with Gasteiger partial charge in [0.2, 0.25) is 0 Å². The first-order chi connectivity index (χ1) is 27.5. The fourth-order valence-electron chi connectivity index (χ4n) is 6.61. The summed E-state index contributed by atoms with van der Waals surface area (Å²) in [6, 6.07) is 23.6. The Kier molecular flexibility index (Phi) is 13.2. The largest absolute Gasteiger partial charge is 0.465 e. The van der Waals surface area contributed by atoms with Crippen molar-refractivity contribution in [3.8, 4) is 0 Å². The molecule has 1 aliphatic rings. The molecule has 2 heterocycles. The van der Waals surface area contributed by atoms with Gasteiger partial charge in [0.05, 0.1) is 41.6 Å². The number of carbonyl (C=O) groups excluding carboxylic acids is 4. The van der Waals surface area contributed by atoms with Gasteiger partial charge in [0.25, 0.3) is 21.8 Å². The number of benzene rings is 3. The van der Waals surface area contributed by atoms with Crippen LogP contribution in [0.4, 0.5) is 16.4 Å². The maximum absolute atomic E-state index is 14.0. The Bertz CT molecular complexity index is 2360. The van der Waals surface area contributed by atoms with Gasteiger partial charge >= 0.3 is 11.9 Å². The number of pyridine rings is 1. The summed E-state index contributed by atoms with van der Waals surface area (Å²) in [4.78, 5) is 56.6. The van der Waals surface area contributed by atoms with Crippen LogP contribution < -0.4 is 14.9 Å². The van der Waals surface area contributed by atoms with Gasteiger partial charge in [-0.05, 0) is 123 Å². The van der Waals surface area contributed by atoms with E-state index in [1.54, 1.807) is 19.1 Å². The van der Waals surface area contributed by atoms with Gasteiger partial charge in [-0.2, -0.15) is 0 Å². The van der Waals surface area contributed by atoms with Gasteiger partial charge in [0.15, 0.2) is 0 Å². The molecule has 0 spiro atoms. The highest BCUT2D eigenvalue weighted by molar-refractivity contribution is 7.92. The van der Waals surface area contributed by atoms with Gasteiger partial charge < -0.3 is 20.1 Å². The van der Waals surface area contributed by atoms with Gasteiger partial charge in [0.1, 0.15) is 10.7 Å². The molecule has 0 saturated carbocycles. The number of nitrogens with one attached hydrogen (secondary N) is 2. The van der Waals surface area contributed by atoms with Crippen molar-refractivity contribution in [2.45, 2.75) is 63.7 Å². The van der Waals surface area contributed by atoms with E-state index in [4.69, 9.17) is 9.47 Å². The lowest BCUT2D eigenvalue weighted by atomic mass is 9.95. The average Bonchev–Trinajstić information content (AvgIpc) is 3.60. The van der Waals surface area contributed by atoms with Crippen LogP contribution in [0.1, 0.15) is 96.2 Å². The molecule has 0 fully saturated rings. The number of aryl methyl sites for hydroxylation is 3. The second-order valence-electron chi connectivity index (χ2n) is 13.4. The first-order valence-electron chi connectivity index (χ1n) is 18.8. The molecule has 6 rings (SSSR count). The summed E-state index contributed by atoms with van der Waals surface area (Å²) < 4.78 is 39.0. The molecule has 1 aliphatic carbocycles. The topological polar surface area (TPSA) is 161 Å². The highest BCUT2D eigenvalue weighted by atomic mass is 32.2. The molecule has 12 nitrogen and oxygen atoms in total. The van der Waals surface area contributed by atoms with E-state index in [1.807, 2.05) is 43.3 Å². The van der Waals surface area contributed by atoms with Crippen molar-refractivity contribution < 1.29 is 37.1 Å². The number of fused-ring (bicyclic) bond motifs is 1. The number of hydrogen-bond acceptors (Lipinski definition) is 10. The number of anilines is 3. The SMILES string of the molecule is CCCN(c1ccc(C(=O)OCC)nc1)S(=O)(=O)c1cccc(C(=O)Nc2sc3c(c2C(=O)Nc2ccc(CCc4ccc(C(=O)OC)cc4)cc2)CCCC3)c1. The fourth-order valence-corrected chi connectivity index (χ4v) is 9.48. The summed E-state index contributed by atoms with van der Waals surface area (Å²) in [7, 11) is -2.80. The van der Waals surface area contributed by atoms with Crippen LogP contribution >= 0.6 is 11.3 Å². The lowest BCUT2D eigenvalue weighted by molar-refractivity contribution is 0.0518. The molecule has 0 saturated heterocycles. The monoisotopic (exact) mass is 808 g/mol. The van der Waals surface area contributed by atoms with E-state index in [0.29, 0.717) is 34.7 Å². The smallest absolute Gasteiger partial charge is 0.356 e. The third-order valence-electron chi connectivity index (χ3n) is 9.55. The molecular formula is C43H44N4O8S2. The second-order valence-corrected chi connectivity index (χ2v) is 16.4. The van der Waals surface area contributed by atoms with Crippen LogP contribution in [0.2, 0.25) is 0 Å². The summed E-state index contributed by atoms with van der Waals surface area (Å²) in [5.74, 6) is -1.87. The summed E-state index contributed by atoms with van der Waals surface area (Å²) >= 11 is 1.37. The zero-order valence-corrected chi connectivity index (χ0v) is 33.6. The Labute approximate surface area is 336 Å². The number of rotatable bonds is 15. The highest BCUT2D eigenvalue weighted by Gasteiger charge is 2.29. The van der Waals surface area contributed by atoms with Gasteiger partial charge in [-0.25, -0.2) is 23.0 Å². The maximum Gasteiger partial charge on any atom is 0.356 e. The fraction of sp³-hybridized carbons (Fsp3) is 0.279. The third kappa shape index (κ3) is 9.58. The van der Waals surface area contributed by atoms with Gasteiger partial charge in [-0.1, -0.05) is 37.3 Å². The predicted molar refractivity (Wildman–Crippen MR) is 220 cm³/mol. The molecule has 2 aromatic heterocycles. The summed E-state index contributed by atoms with van der Waals surface area (Å²) in [6.45, 7) is 3.84. The Morgan fingerprint density at radius 1 is 0.807 bits per heavy atom. The lowest BCUT2D eigenvalue weighted by Gasteiger charge is -2.24. The van der Waals surface area contributed by atoms with E-state index in [1.165, 1.54) is 65.3 Å². The number of methoxy groups -OCH3 is 1. The van der Waals surface area contributed by atoms with Crippen LogP contribution in [0.15, 0.2) is 96.0 Å². The van der Waals surface area contributed by atoms with Crippen molar-refractivity contribution in [2.24, 2.45) is 0 Å². The van der Waals surface area contributed by atoms with E-state index in [2.05, 4.69) is 15.6 Å². The van der Waals surface area contributed by atoms with Crippen LogP contribution in [0.5, 0.6) is 0 Å². The number of aromatic nitrogens is 1. The van der Waals surface area contributed by atoms with E-state index < -0.39 is 21.9 Å². The summed E-state index contributed by atoms with van der Waals surface area (Å²) in [6.07, 6.45) is 6.75. The van der Waals surface area contributed by atoms with Gasteiger partial charge in [-0.3, -0.25) is 13.9 Å². The van der Waals surface area contributed by atoms with Crippen molar-refractivity contribution in [2.75, 3.05) is 35.2 Å². The number of amides is 2. The van der Waals surface area contributed by atoms with Crippen molar-refractivity contribution in [3.05, 3.63) is 135 Å². The van der Waals surface area contributed by atoms with Crippen molar-refractivity contribution in [1.82, 2.24) is 4.98 Å². The van der Waals surface area contributed by atoms with Crippen LogP contribution in [0, 0.1) is 0 Å². The van der Waals surface area contributed by atoms with Crippen molar-refractivity contribution in [1.29, 1.82) is 0 Å². The van der Waals surface area contributed by atoms with Crippen molar-refractivity contribution >= 4 is 61.5 Å². The van der Waals surface area contributed by atoms with E-state index >= 15 is 0 Å². The normalized spacial score (nSPS) is 12.3. The van der Waals surface area contributed by atoms with Crippen LogP contribution in [-0.4, -0.2) is 57.4 Å². The number of sulfonamides is 1. The maximum atomic E-state index is 14.0. The minimum absolute atomic E-state index is 0.0587. The Morgan fingerprint density at radius 2 is 1.51 bits per heavy atom. The minimum Gasteiger partial charge on any atom is -0.465 e. The molecule has 14 heteroatoms. The molecule has 0 radical (unpaired) electrons. The molecule has 0 unspecified atom stereocenters. The Morgan fingerprint density at radius 3 is 2.16 bits per heavy atom. The van der Waals surface area contributed by atoms with Crippen molar-refractivity contribution in [3.63, 3.8) is 0 Å². The predicted octanol–water partition coefficient (Wildman–Crippen LogP) is 7.88. The quantitative estimate of drug-likeness (QED) is 0.100. The first-order valence-corrected chi connectivity index (χ1v) is 21.1. The van der Waals surface area contributed by atoms with Crippen LogP contribution in [-0.2, 0) is 45.2 Å². The van der Waals surface area contributed by atoms with Gasteiger partial charge in [-0.15, -0.1) is 11.3 Å². The summed E-state index contributed by atoms with van der Waals surface area (Å²) in [5.41, 5.74) is 5.04. The molecule has 57 heavy (non-hydrogen) atoms. The Balaban J connectivity index is 1.16. The van der Waals surface area contributed by atoms with E-state index in [0.717, 1.165) is 53.7 Å². The third-order valence-corrected chi connectivity index (χ3v) is 12.6. The molecule has 2 amide bonds. The molecule has 3 aromatic carbocycles.